The van der Waals surface area contributed by atoms with Crippen molar-refractivity contribution in [3.8, 4) is 0 Å². The zero-order valence-electron chi connectivity index (χ0n) is 10.6. The van der Waals surface area contributed by atoms with E-state index in [1.54, 1.807) is 0 Å². The Morgan fingerprint density at radius 3 is 2.19 bits per heavy atom. The number of hydrogen-bond donors (Lipinski definition) is 0. The molecule has 3 heteroatoms. The molecule has 0 atom stereocenters. The van der Waals surface area contributed by atoms with Gasteiger partial charge in [-0.15, -0.1) is 0 Å². The molecule has 0 aromatic rings. The van der Waals surface area contributed by atoms with E-state index in [9.17, 15) is 4.79 Å². The lowest BCUT2D eigenvalue weighted by atomic mass is 9.89. The van der Waals surface area contributed by atoms with Crippen molar-refractivity contribution in [2.24, 2.45) is 0 Å². The van der Waals surface area contributed by atoms with Gasteiger partial charge in [0.15, 0.2) is 5.78 Å². The molecule has 1 aliphatic carbocycles. The number of carbonyl (C=O) groups is 1. The summed E-state index contributed by atoms with van der Waals surface area (Å²) in [7, 11) is 0. The lowest BCUT2D eigenvalue weighted by molar-refractivity contribution is -0.151. The second-order valence-electron chi connectivity index (χ2n) is 4.40. The zero-order chi connectivity index (χ0) is 11.9. The first-order valence-corrected chi connectivity index (χ1v) is 6.50. The van der Waals surface area contributed by atoms with Gasteiger partial charge in [-0.25, -0.2) is 0 Å². The minimum atomic E-state index is -0.541. The average molecular weight is 228 g/mol. The molecule has 0 aromatic carbocycles. The van der Waals surface area contributed by atoms with Crippen molar-refractivity contribution in [3.63, 3.8) is 0 Å². The van der Waals surface area contributed by atoms with Crippen LogP contribution < -0.4 is 0 Å². The molecule has 0 radical (unpaired) electrons. The van der Waals surface area contributed by atoms with Crippen molar-refractivity contribution in [2.45, 2.75) is 58.0 Å². The van der Waals surface area contributed by atoms with E-state index < -0.39 is 5.60 Å². The van der Waals surface area contributed by atoms with E-state index in [1.165, 1.54) is 12.8 Å². The van der Waals surface area contributed by atoms with E-state index in [4.69, 9.17) is 9.47 Å². The fourth-order valence-corrected chi connectivity index (χ4v) is 2.41. The van der Waals surface area contributed by atoms with Crippen LogP contribution in [0.3, 0.4) is 0 Å². The molecule has 0 aliphatic heterocycles. The predicted octanol–water partition coefficient (Wildman–Crippen LogP) is 2.72. The van der Waals surface area contributed by atoms with Gasteiger partial charge in [-0.05, 0) is 26.7 Å². The quantitative estimate of drug-likeness (QED) is 0.656. The molecule has 0 bridgehead atoms. The van der Waals surface area contributed by atoms with Crippen molar-refractivity contribution in [3.05, 3.63) is 0 Å². The topological polar surface area (TPSA) is 35.5 Å². The SMILES string of the molecule is CCOCC(=O)C1(OCC)CCCCCC1. The monoisotopic (exact) mass is 228 g/mol. The fourth-order valence-electron chi connectivity index (χ4n) is 2.41. The molecule has 1 rings (SSSR count). The minimum absolute atomic E-state index is 0.137. The van der Waals surface area contributed by atoms with Crippen LogP contribution in [0.4, 0.5) is 0 Å². The second-order valence-corrected chi connectivity index (χ2v) is 4.40. The van der Waals surface area contributed by atoms with Gasteiger partial charge in [-0.1, -0.05) is 25.7 Å². The normalized spacial score (nSPS) is 20.4. The first kappa shape index (κ1) is 13.7. The molecule has 1 fully saturated rings. The largest absolute Gasteiger partial charge is 0.374 e. The maximum absolute atomic E-state index is 12.2. The predicted molar refractivity (Wildman–Crippen MR) is 63.6 cm³/mol. The van der Waals surface area contributed by atoms with E-state index in [-0.39, 0.29) is 12.4 Å². The van der Waals surface area contributed by atoms with Crippen LogP contribution in [-0.4, -0.2) is 31.2 Å². The summed E-state index contributed by atoms with van der Waals surface area (Å²) in [6.07, 6.45) is 6.36. The fraction of sp³-hybridized carbons (Fsp3) is 0.923. The third kappa shape index (κ3) is 3.56. The molecular weight excluding hydrogens is 204 g/mol. The molecule has 0 unspecified atom stereocenters. The molecular formula is C13H24O3. The first-order valence-electron chi connectivity index (χ1n) is 6.50. The van der Waals surface area contributed by atoms with Crippen LogP contribution in [0.15, 0.2) is 0 Å². The summed E-state index contributed by atoms with van der Waals surface area (Å²) < 4.78 is 11.0. The molecule has 0 heterocycles. The van der Waals surface area contributed by atoms with Gasteiger partial charge in [0.05, 0.1) is 0 Å². The molecule has 94 valence electrons. The third-order valence-electron chi connectivity index (χ3n) is 3.28. The van der Waals surface area contributed by atoms with Gasteiger partial charge in [0.25, 0.3) is 0 Å². The Labute approximate surface area is 98.5 Å². The Kier molecular flexibility index (Phi) is 5.99. The van der Waals surface area contributed by atoms with Crippen molar-refractivity contribution in [2.75, 3.05) is 19.8 Å². The van der Waals surface area contributed by atoms with E-state index in [1.807, 2.05) is 13.8 Å². The molecule has 0 saturated heterocycles. The summed E-state index contributed by atoms with van der Waals surface area (Å²) in [6.45, 7) is 5.27. The van der Waals surface area contributed by atoms with Gasteiger partial charge in [-0.2, -0.15) is 0 Å². The highest BCUT2D eigenvalue weighted by Crippen LogP contribution is 2.31. The Morgan fingerprint density at radius 2 is 1.69 bits per heavy atom. The van der Waals surface area contributed by atoms with Gasteiger partial charge in [0.2, 0.25) is 0 Å². The highest BCUT2D eigenvalue weighted by atomic mass is 16.5. The standard InChI is InChI=1S/C13H24O3/c1-3-15-11-12(14)13(16-4-2)9-7-5-6-8-10-13/h3-11H2,1-2H3. The average Bonchev–Trinajstić information content (AvgIpc) is 2.53. The van der Waals surface area contributed by atoms with Crippen LogP contribution in [0.5, 0.6) is 0 Å². The van der Waals surface area contributed by atoms with Crippen LogP contribution >= 0.6 is 0 Å². The highest BCUT2D eigenvalue weighted by molar-refractivity contribution is 5.88. The van der Waals surface area contributed by atoms with E-state index in [0.717, 1.165) is 25.7 Å². The van der Waals surface area contributed by atoms with Crippen LogP contribution in [0.1, 0.15) is 52.4 Å². The van der Waals surface area contributed by atoms with E-state index >= 15 is 0 Å². The molecule has 0 N–H and O–H groups in total. The molecule has 3 nitrogen and oxygen atoms in total. The molecule has 0 spiro atoms. The molecule has 1 saturated carbocycles. The second kappa shape index (κ2) is 7.02. The van der Waals surface area contributed by atoms with Crippen LogP contribution in [-0.2, 0) is 14.3 Å². The number of hydrogen-bond acceptors (Lipinski definition) is 3. The smallest absolute Gasteiger partial charge is 0.190 e. The Hall–Kier alpha value is -0.410. The Bertz CT molecular complexity index is 205. The number of ketones is 1. The Morgan fingerprint density at radius 1 is 1.06 bits per heavy atom. The minimum Gasteiger partial charge on any atom is -0.374 e. The van der Waals surface area contributed by atoms with Crippen LogP contribution in [0, 0.1) is 0 Å². The third-order valence-corrected chi connectivity index (χ3v) is 3.28. The van der Waals surface area contributed by atoms with Gasteiger partial charge >= 0.3 is 0 Å². The summed E-state index contributed by atoms with van der Waals surface area (Å²) in [4.78, 5) is 12.2. The van der Waals surface area contributed by atoms with E-state index in [2.05, 4.69) is 0 Å². The van der Waals surface area contributed by atoms with Crippen LogP contribution in [0.2, 0.25) is 0 Å². The number of carbonyl (C=O) groups excluding carboxylic acids is 1. The first-order chi connectivity index (χ1) is 7.75. The summed E-state index contributed by atoms with van der Waals surface area (Å²) >= 11 is 0. The number of Topliss-reactive ketones (excluding diaryl/α,β-unsaturated/α-hetero) is 1. The van der Waals surface area contributed by atoms with E-state index in [0.29, 0.717) is 13.2 Å². The molecule has 0 aromatic heterocycles. The van der Waals surface area contributed by atoms with Crippen molar-refractivity contribution in [1.29, 1.82) is 0 Å². The zero-order valence-corrected chi connectivity index (χ0v) is 10.6. The van der Waals surface area contributed by atoms with Gasteiger partial charge in [0.1, 0.15) is 12.2 Å². The van der Waals surface area contributed by atoms with Crippen molar-refractivity contribution >= 4 is 5.78 Å². The lowest BCUT2D eigenvalue weighted by Gasteiger charge is -2.30. The summed E-state index contributed by atoms with van der Waals surface area (Å²) in [5, 5.41) is 0. The molecule has 1 aliphatic rings. The van der Waals surface area contributed by atoms with Crippen LogP contribution in [0.25, 0.3) is 0 Å². The number of rotatable bonds is 6. The van der Waals surface area contributed by atoms with Gasteiger partial charge in [-0.3, -0.25) is 4.79 Å². The maximum atomic E-state index is 12.2. The lowest BCUT2D eigenvalue weighted by Crippen LogP contribution is -2.43. The molecule has 16 heavy (non-hydrogen) atoms. The Balaban J connectivity index is 2.64. The summed E-state index contributed by atoms with van der Waals surface area (Å²) in [5.74, 6) is 0.137. The highest BCUT2D eigenvalue weighted by Gasteiger charge is 2.38. The van der Waals surface area contributed by atoms with Crippen molar-refractivity contribution in [1.82, 2.24) is 0 Å². The maximum Gasteiger partial charge on any atom is 0.190 e. The number of ether oxygens (including phenoxy) is 2. The summed E-state index contributed by atoms with van der Waals surface area (Å²) in [6, 6.07) is 0. The molecule has 0 amide bonds. The van der Waals surface area contributed by atoms with Gasteiger partial charge < -0.3 is 9.47 Å². The van der Waals surface area contributed by atoms with Gasteiger partial charge in [0, 0.05) is 13.2 Å². The summed E-state index contributed by atoms with van der Waals surface area (Å²) in [5.41, 5.74) is -0.541. The van der Waals surface area contributed by atoms with Crippen molar-refractivity contribution < 1.29 is 14.3 Å².